The van der Waals surface area contributed by atoms with Gasteiger partial charge in [-0.05, 0) is 73.1 Å². The molecular formula is C28H31FN4O3S. The van der Waals surface area contributed by atoms with E-state index >= 15 is 4.39 Å². The Labute approximate surface area is 220 Å². The number of fused-ring (bicyclic) bond motifs is 2. The van der Waals surface area contributed by atoms with E-state index < -0.39 is 11.7 Å². The molecule has 0 radical (unpaired) electrons. The maximum atomic E-state index is 15.1. The summed E-state index contributed by atoms with van der Waals surface area (Å²) in [7, 11) is 0. The van der Waals surface area contributed by atoms with Crippen molar-refractivity contribution < 1.29 is 18.7 Å². The van der Waals surface area contributed by atoms with Crippen LogP contribution in [0.4, 0.5) is 10.2 Å². The first-order valence-electron chi connectivity index (χ1n) is 13.1. The number of amides is 1. The van der Waals surface area contributed by atoms with Crippen LogP contribution in [0.15, 0.2) is 48.3 Å². The molecule has 0 saturated carbocycles. The third-order valence-electron chi connectivity index (χ3n) is 7.59. The highest BCUT2D eigenvalue weighted by molar-refractivity contribution is 7.13. The number of halogens is 1. The second-order valence-electron chi connectivity index (χ2n) is 9.87. The minimum Gasteiger partial charge on any atom is -0.454 e. The van der Waals surface area contributed by atoms with Crippen molar-refractivity contribution in [1.29, 1.82) is 0 Å². The number of anilines is 1. The second-order valence-corrected chi connectivity index (χ2v) is 10.7. The summed E-state index contributed by atoms with van der Waals surface area (Å²) < 4.78 is 31.7. The average Bonchev–Trinajstić information content (AvgIpc) is 3.59. The van der Waals surface area contributed by atoms with E-state index in [1.807, 2.05) is 0 Å². The van der Waals surface area contributed by atoms with Crippen molar-refractivity contribution in [2.75, 3.05) is 51.0 Å². The van der Waals surface area contributed by atoms with E-state index in [0.717, 1.165) is 64.2 Å². The topological polar surface area (TPSA) is 58.1 Å². The second kappa shape index (κ2) is 10.7. The number of hydrogen-bond donors (Lipinski definition) is 0. The zero-order valence-corrected chi connectivity index (χ0v) is 21.6. The zero-order valence-electron chi connectivity index (χ0n) is 20.8. The van der Waals surface area contributed by atoms with Gasteiger partial charge >= 0.3 is 0 Å². The molecule has 1 aromatic heterocycles. The van der Waals surface area contributed by atoms with Crippen molar-refractivity contribution >= 4 is 39.4 Å². The normalized spacial score (nSPS) is 20.6. The predicted molar refractivity (Wildman–Crippen MR) is 144 cm³/mol. The molecular weight excluding hydrogens is 491 g/mol. The zero-order chi connectivity index (χ0) is 25.2. The van der Waals surface area contributed by atoms with Gasteiger partial charge in [-0.3, -0.25) is 9.69 Å². The molecule has 1 atom stereocenters. The molecule has 7 nitrogen and oxygen atoms in total. The lowest BCUT2D eigenvalue weighted by Gasteiger charge is -2.39. The molecule has 2 saturated heterocycles. The molecule has 9 heteroatoms. The number of nitrogens with zero attached hydrogens (tertiary/aromatic N) is 4. The van der Waals surface area contributed by atoms with E-state index in [1.54, 1.807) is 34.6 Å². The lowest BCUT2D eigenvalue weighted by Crippen LogP contribution is -2.49. The third kappa shape index (κ3) is 5.15. The van der Waals surface area contributed by atoms with E-state index in [-0.39, 0.29) is 12.8 Å². The molecule has 3 aliphatic rings. The van der Waals surface area contributed by atoms with Gasteiger partial charge in [0.05, 0.1) is 4.70 Å². The van der Waals surface area contributed by atoms with Crippen LogP contribution in [0.3, 0.4) is 0 Å². The van der Waals surface area contributed by atoms with Crippen LogP contribution in [-0.4, -0.2) is 72.2 Å². The summed E-state index contributed by atoms with van der Waals surface area (Å²) in [6.45, 7) is 5.48. The van der Waals surface area contributed by atoms with Gasteiger partial charge in [-0.2, -0.15) is 4.37 Å². The number of likely N-dealkylation sites (tertiary alicyclic amines) is 1. The van der Waals surface area contributed by atoms with Crippen LogP contribution >= 0.6 is 11.5 Å². The van der Waals surface area contributed by atoms with Gasteiger partial charge < -0.3 is 19.3 Å². The number of hydrogen-bond acceptors (Lipinski definition) is 7. The monoisotopic (exact) mass is 522 g/mol. The van der Waals surface area contributed by atoms with E-state index in [4.69, 9.17) is 13.8 Å². The van der Waals surface area contributed by atoms with Gasteiger partial charge in [0.15, 0.2) is 17.3 Å². The van der Waals surface area contributed by atoms with E-state index in [9.17, 15) is 4.79 Å². The standard InChI is InChI=1S/C28H31FN4O3S/c29-23(17-20-8-9-24-25(18-20)36-19-35-24)28(34)33-11-4-3-5-21(33)10-12-31-13-15-32(16-14-31)27-22-6-1-2-7-26(22)37-30-27/h1-2,6-9,17-18,21H,3-5,10-16,19H2/b23-17-/t21-/m0/s1. The van der Waals surface area contributed by atoms with Crippen LogP contribution in [0, 0.1) is 0 Å². The van der Waals surface area contributed by atoms with Gasteiger partial charge in [0.1, 0.15) is 5.82 Å². The minimum absolute atomic E-state index is 0.0673. The highest BCUT2D eigenvalue weighted by Gasteiger charge is 2.30. The highest BCUT2D eigenvalue weighted by atomic mass is 32.1. The third-order valence-corrected chi connectivity index (χ3v) is 8.41. The molecule has 3 aromatic rings. The average molecular weight is 523 g/mol. The van der Waals surface area contributed by atoms with Gasteiger partial charge in [0.25, 0.3) is 5.91 Å². The summed E-state index contributed by atoms with van der Waals surface area (Å²) >= 11 is 1.56. The first kappa shape index (κ1) is 24.2. The van der Waals surface area contributed by atoms with Crippen molar-refractivity contribution in [3.05, 3.63) is 53.9 Å². The fourth-order valence-corrected chi connectivity index (χ4v) is 6.33. The summed E-state index contributed by atoms with van der Waals surface area (Å²) in [4.78, 5) is 19.7. The molecule has 6 rings (SSSR count). The number of carbonyl (C=O) groups is 1. The van der Waals surface area contributed by atoms with Crippen LogP contribution in [0.25, 0.3) is 16.2 Å². The molecule has 4 heterocycles. The minimum atomic E-state index is -0.727. The highest BCUT2D eigenvalue weighted by Crippen LogP contribution is 2.34. The maximum Gasteiger partial charge on any atom is 0.282 e. The Morgan fingerprint density at radius 1 is 1.05 bits per heavy atom. The fourth-order valence-electron chi connectivity index (χ4n) is 5.53. The quantitative estimate of drug-likeness (QED) is 0.428. The summed E-state index contributed by atoms with van der Waals surface area (Å²) in [5.41, 5.74) is 0.592. The summed E-state index contributed by atoms with van der Waals surface area (Å²) in [6.07, 6.45) is 5.08. The molecule has 0 aliphatic carbocycles. The van der Waals surface area contributed by atoms with Crippen LogP contribution < -0.4 is 14.4 Å². The Balaban J connectivity index is 1.04. The molecule has 1 amide bonds. The molecule has 37 heavy (non-hydrogen) atoms. The molecule has 194 valence electrons. The first-order valence-corrected chi connectivity index (χ1v) is 13.8. The number of ether oxygens (including phenoxy) is 2. The number of piperazine rings is 1. The number of rotatable bonds is 6. The molecule has 0 spiro atoms. The van der Waals surface area contributed by atoms with Crippen molar-refractivity contribution in [2.45, 2.75) is 31.7 Å². The largest absolute Gasteiger partial charge is 0.454 e. The molecule has 2 aromatic carbocycles. The van der Waals surface area contributed by atoms with Crippen molar-refractivity contribution in [3.63, 3.8) is 0 Å². The smallest absolute Gasteiger partial charge is 0.282 e. The van der Waals surface area contributed by atoms with Crippen LogP contribution in [0.1, 0.15) is 31.2 Å². The molecule has 3 aliphatic heterocycles. The molecule has 0 unspecified atom stereocenters. The van der Waals surface area contributed by atoms with Crippen LogP contribution in [0.2, 0.25) is 0 Å². The van der Waals surface area contributed by atoms with Gasteiger partial charge in [-0.1, -0.05) is 18.2 Å². The van der Waals surface area contributed by atoms with E-state index in [2.05, 4.69) is 34.1 Å². The van der Waals surface area contributed by atoms with Gasteiger partial charge in [-0.25, -0.2) is 4.39 Å². The van der Waals surface area contributed by atoms with Crippen molar-refractivity contribution in [3.8, 4) is 11.5 Å². The number of piperidine rings is 1. The lowest BCUT2D eigenvalue weighted by molar-refractivity contribution is -0.132. The Hall–Kier alpha value is -3.17. The molecule has 0 N–H and O–H groups in total. The van der Waals surface area contributed by atoms with Crippen molar-refractivity contribution in [1.82, 2.24) is 14.2 Å². The van der Waals surface area contributed by atoms with Gasteiger partial charge in [0, 0.05) is 50.7 Å². The Morgan fingerprint density at radius 3 is 2.78 bits per heavy atom. The maximum absolute atomic E-state index is 15.1. The summed E-state index contributed by atoms with van der Waals surface area (Å²) in [6, 6.07) is 13.6. The Morgan fingerprint density at radius 2 is 1.89 bits per heavy atom. The number of benzene rings is 2. The Kier molecular flexibility index (Phi) is 6.97. The van der Waals surface area contributed by atoms with Gasteiger partial charge in [0.2, 0.25) is 6.79 Å². The van der Waals surface area contributed by atoms with Crippen LogP contribution in [0.5, 0.6) is 11.5 Å². The SMILES string of the molecule is O=C(/C(F)=C/c1ccc2c(c1)OCO2)N1CCCC[C@H]1CCN1CCN(c2nsc3ccccc23)CC1. The summed E-state index contributed by atoms with van der Waals surface area (Å²) in [5, 5.41) is 1.23. The summed E-state index contributed by atoms with van der Waals surface area (Å²) in [5.74, 6) is 1.07. The van der Waals surface area contributed by atoms with Crippen molar-refractivity contribution in [2.24, 2.45) is 0 Å². The van der Waals surface area contributed by atoms with E-state index in [0.29, 0.717) is 23.6 Å². The first-order chi connectivity index (χ1) is 18.2. The fraction of sp³-hybridized carbons (Fsp3) is 0.429. The Bertz CT molecular complexity index is 1300. The molecule has 0 bridgehead atoms. The molecule has 2 fully saturated rings. The predicted octanol–water partition coefficient (Wildman–Crippen LogP) is 4.93. The van der Waals surface area contributed by atoms with E-state index in [1.165, 1.54) is 16.2 Å². The number of carbonyl (C=O) groups excluding carboxylic acids is 1. The lowest BCUT2D eigenvalue weighted by atomic mass is 9.98. The van der Waals surface area contributed by atoms with Crippen LogP contribution in [-0.2, 0) is 4.79 Å². The number of aromatic nitrogens is 1. The van der Waals surface area contributed by atoms with Gasteiger partial charge in [-0.15, -0.1) is 0 Å².